The molecule has 0 aliphatic carbocycles. The molecule has 0 fully saturated rings. The second kappa shape index (κ2) is 8.28. The van der Waals surface area contributed by atoms with E-state index in [2.05, 4.69) is 41.6 Å². The van der Waals surface area contributed by atoms with Crippen molar-refractivity contribution in [1.29, 1.82) is 0 Å². The van der Waals surface area contributed by atoms with Crippen molar-refractivity contribution in [3.63, 3.8) is 0 Å². The lowest BCUT2D eigenvalue weighted by Crippen LogP contribution is -2.21. The zero-order valence-corrected chi connectivity index (χ0v) is 12.6. The molecule has 1 aromatic carbocycles. The molecule has 21 heavy (non-hydrogen) atoms. The summed E-state index contributed by atoms with van der Waals surface area (Å²) in [6.45, 7) is 3.19. The Labute approximate surface area is 127 Å². The minimum absolute atomic E-state index is 0.329. The molecule has 0 aliphatic heterocycles. The van der Waals surface area contributed by atoms with E-state index in [4.69, 9.17) is 6.42 Å². The lowest BCUT2D eigenvalue weighted by atomic mass is 10.0. The molecule has 1 atom stereocenters. The summed E-state index contributed by atoms with van der Waals surface area (Å²) >= 11 is 0. The molecule has 110 valence electrons. The lowest BCUT2D eigenvalue weighted by molar-refractivity contribution is 0.487. The van der Waals surface area contributed by atoms with Crippen LogP contribution < -0.4 is 5.32 Å². The number of benzene rings is 1. The largest absolute Gasteiger partial charge is 0.310 e. The van der Waals surface area contributed by atoms with E-state index in [0.717, 1.165) is 37.9 Å². The summed E-state index contributed by atoms with van der Waals surface area (Å²) in [5, 5.41) is 8.07. The van der Waals surface area contributed by atoms with Gasteiger partial charge in [-0.2, -0.15) is 5.10 Å². The van der Waals surface area contributed by atoms with Gasteiger partial charge in [-0.1, -0.05) is 25.1 Å². The van der Waals surface area contributed by atoms with Gasteiger partial charge in [-0.3, -0.25) is 0 Å². The molecule has 0 saturated heterocycles. The summed E-state index contributed by atoms with van der Waals surface area (Å²) in [6, 6.07) is 10.5. The molecule has 0 amide bonds. The Bertz CT molecular complexity index is 566. The molecule has 2 aromatic rings. The Hall–Kier alpha value is -2.05. The summed E-state index contributed by atoms with van der Waals surface area (Å²) in [6.07, 6.45) is 13.4. The van der Waals surface area contributed by atoms with E-state index >= 15 is 0 Å². The van der Waals surface area contributed by atoms with Gasteiger partial charge in [0.05, 0.1) is 11.9 Å². The molecule has 0 saturated carbocycles. The van der Waals surface area contributed by atoms with Crippen LogP contribution in [0, 0.1) is 12.3 Å². The Morgan fingerprint density at radius 1 is 1.33 bits per heavy atom. The second-order valence-electron chi connectivity index (χ2n) is 5.16. The molecule has 1 unspecified atom stereocenters. The molecule has 0 spiro atoms. The standard InChI is InChI=1S/C18H23N3/c1-3-5-7-12-18(19-13-4-2)16-14-20-21(15-16)17-10-8-6-9-11-17/h1,6,8-11,14-15,18-19H,4-5,7,12-13H2,2H3. The van der Waals surface area contributed by atoms with Crippen LogP contribution in [0.4, 0.5) is 0 Å². The minimum Gasteiger partial charge on any atom is -0.310 e. The third-order valence-electron chi connectivity index (χ3n) is 3.48. The quantitative estimate of drug-likeness (QED) is 0.590. The van der Waals surface area contributed by atoms with Crippen LogP contribution in [0.5, 0.6) is 0 Å². The van der Waals surface area contributed by atoms with Crippen molar-refractivity contribution in [1.82, 2.24) is 15.1 Å². The molecule has 3 heteroatoms. The SMILES string of the molecule is C#CCCCC(NCCC)c1cnn(-c2ccccc2)c1. The number of para-hydroxylation sites is 1. The molecule has 3 nitrogen and oxygen atoms in total. The highest BCUT2D eigenvalue weighted by Crippen LogP contribution is 2.20. The minimum atomic E-state index is 0.329. The van der Waals surface area contributed by atoms with E-state index in [1.165, 1.54) is 5.56 Å². The van der Waals surface area contributed by atoms with Gasteiger partial charge in [0, 0.05) is 24.2 Å². The third-order valence-corrected chi connectivity index (χ3v) is 3.48. The van der Waals surface area contributed by atoms with E-state index < -0.39 is 0 Å². The Kier molecular flexibility index (Phi) is 6.05. The van der Waals surface area contributed by atoms with Crippen molar-refractivity contribution in [2.45, 2.75) is 38.6 Å². The zero-order chi connectivity index (χ0) is 14.9. The van der Waals surface area contributed by atoms with E-state index in [1.54, 1.807) is 0 Å². The van der Waals surface area contributed by atoms with Crippen molar-refractivity contribution in [2.24, 2.45) is 0 Å². The average molecular weight is 281 g/mol. The van der Waals surface area contributed by atoms with E-state index in [1.807, 2.05) is 29.1 Å². The number of aromatic nitrogens is 2. The highest BCUT2D eigenvalue weighted by Gasteiger charge is 2.12. The number of terminal acetylenes is 1. The molecular formula is C18H23N3. The van der Waals surface area contributed by atoms with E-state index in [0.29, 0.717) is 6.04 Å². The van der Waals surface area contributed by atoms with Crippen LogP contribution in [0.25, 0.3) is 5.69 Å². The predicted molar refractivity (Wildman–Crippen MR) is 87.3 cm³/mol. The number of rotatable bonds is 8. The van der Waals surface area contributed by atoms with Crippen molar-refractivity contribution in [3.05, 3.63) is 48.3 Å². The Morgan fingerprint density at radius 2 is 2.14 bits per heavy atom. The van der Waals surface area contributed by atoms with Crippen LogP contribution in [-0.4, -0.2) is 16.3 Å². The summed E-state index contributed by atoms with van der Waals surface area (Å²) in [5.74, 6) is 2.71. The van der Waals surface area contributed by atoms with Gasteiger partial charge in [0.2, 0.25) is 0 Å². The van der Waals surface area contributed by atoms with E-state index in [-0.39, 0.29) is 0 Å². The molecule has 0 aliphatic rings. The van der Waals surface area contributed by atoms with Gasteiger partial charge in [0.25, 0.3) is 0 Å². The molecule has 0 bridgehead atoms. The molecule has 2 rings (SSSR count). The van der Waals surface area contributed by atoms with Crippen LogP contribution in [0.1, 0.15) is 44.2 Å². The van der Waals surface area contributed by atoms with Crippen LogP contribution >= 0.6 is 0 Å². The van der Waals surface area contributed by atoms with Gasteiger partial charge < -0.3 is 5.32 Å². The summed E-state index contributed by atoms with van der Waals surface area (Å²) in [7, 11) is 0. The highest BCUT2D eigenvalue weighted by atomic mass is 15.3. The molecular weight excluding hydrogens is 258 g/mol. The third kappa shape index (κ3) is 4.47. The average Bonchev–Trinajstić information content (AvgIpc) is 3.01. The van der Waals surface area contributed by atoms with Crippen LogP contribution in [0.3, 0.4) is 0 Å². The first-order valence-electron chi connectivity index (χ1n) is 7.62. The normalized spacial score (nSPS) is 12.0. The van der Waals surface area contributed by atoms with Gasteiger partial charge in [0.1, 0.15) is 0 Å². The summed E-state index contributed by atoms with van der Waals surface area (Å²) in [5.41, 5.74) is 2.31. The number of unbranched alkanes of at least 4 members (excludes halogenated alkanes) is 1. The first kappa shape index (κ1) is 15.3. The number of nitrogens with zero attached hydrogens (tertiary/aromatic N) is 2. The predicted octanol–water partition coefficient (Wildman–Crippen LogP) is 3.72. The van der Waals surface area contributed by atoms with Crippen molar-refractivity contribution < 1.29 is 0 Å². The molecule has 1 N–H and O–H groups in total. The maximum absolute atomic E-state index is 5.35. The fourth-order valence-electron chi connectivity index (χ4n) is 2.35. The fraction of sp³-hybridized carbons (Fsp3) is 0.389. The van der Waals surface area contributed by atoms with Crippen LogP contribution in [0.2, 0.25) is 0 Å². The fourth-order valence-corrected chi connectivity index (χ4v) is 2.35. The maximum atomic E-state index is 5.35. The first-order chi connectivity index (χ1) is 10.3. The lowest BCUT2D eigenvalue weighted by Gasteiger charge is -2.16. The zero-order valence-electron chi connectivity index (χ0n) is 12.6. The molecule has 1 heterocycles. The molecule has 1 aromatic heterocycles. The van der Waals surface area contributed by atoms with Gasteiger partial charge >= 0.3 is 0 Å². The van der Waals surface area contributed by atoms with E-state index in [9.17, 15) is 0 Å². The van der Waals surface area contributed by atoms with Crippen LogP contribution in [-0.2, 0) is 0 Å². The van der Waals surface area contributed by atoms with Gasteiger partial charge in [-0.05, 0) is 37.9 Å². The number of hydrogen-bond donors (Lipinski definition) is 1. The first-order valence-corrected chi connectivity index (χ1v) is 7.62. The van der Waals surface area contributed by atoms with Crippen molar-refractivity contribution in [3.8, 4) is 18.0 Å². The Balaban J connectivity index is 2.09. The summed E-state index contributed by atoms with van der Waals surface area (Å²) in [4.78, 5) is 0. The smallest absolute Gasteiger partial charge is 0.0645 e. The van der Waals surface area contributed by atoms with Gasteiger partial charge in [0.15, 0.2) is 0 Å². The molecule has 0 radical (unpaired) electrons. The number of hydrogen-bond acceptors (Lipinski definition) is 2. The highest BCUT2D eigenvalue weighted by molar-refractivity contribution is 5.31. The second-order valence-corrected chi connectivity index (χ2v) is 5.16. The van der Waals surface area contributed by atoms with Crippen molar-refractivity contribution >= 4 is 0 Å². The monoisotopic (exact) mass is 281 g/mol. The van der Waals surface area contributed by atoms with Crippen LogP contribution in [0.15, 0.2) is 42.7 Å². The van der Waals surface area contributed by atoms with Gasteiger partial charge in [-0.25, -0.2) is 4.68 Å². The topological polar surface area (TPSA) is 29.9 Å². The Morgan fingerprint density at radius 3 is 2.86 bits per heavy atom. The van der Waals surface area contributed by atoms with Gasteiger partial charge in [-0.15, -0.1) is 12.3 Å². The van der Waals surface area contributed by atoms with Crippen molar-refractivity contribution in [2.75, 3.05) is 6.54 Å². The maximum Gasteiger partial charge on any atom is 0.0645 e. The number of nitrogens with one attached hydrogen (secondary N) is 1. The summed E-state index contributed by atoms with van der Waals surface area (Å²) < 4.78 is 1.93.